The second-order valence-electron chi connectivity index (χ2n) is 4.54. The zero-order chi connectivity index (χ0) is 13.8. The number of Topliss-reactive ketones (excluding diaryl/α,β-unsaturated/α-hetero) is 1. The number of benzene rings is 2. The van der Waals surface area contributed by atoms with Crippen molar-refractivity contribution in [1.82, 2.24) is 0 Å². The van der Waals surface area contributed by atoms with Crippen molar-refractivity contribution in [3.63, 3.8) is 0 Å². The second-order valence-corrected chi connectivity index (χ2v) is 5.35. The monoisotopic (exact) mass is 292 g/mol. The van der Waals surface area contributed by atoms with E-state index in [4.69, 9.17) is 23.2 Å². The molecular weight excluding hydrogens is 279 g/mol. The molecule has 0 fully saturated rings. The summed E-state index contributed by atoms with van der Waals surface area (Å²) in [4.78, 5) is 12.0. The zero-order valence-electron chi connectivity index (χ0n) is 10.6. The average molecular weight is 293 g/mol. The van der Waals surface area contributed by atoms with Crippen LogP contribution in [0.5, 0.6) is 0 Å². The third-order valence-corrected chi connectivity index (χ3v) is 3.74. The van der Waals surface area contributed by atoms with Crippen molar-refractivity contribution in [2.75, 3.05) is 0 Å². The van der Waals surface area contributed by atoms with Crippen LogP contribution in [-0.2, 0) is 6.42 Å². The van der Waals surface area contributed by atoms with Gasteiger partial charge in [0.05, 0.1) is 10.0 Å². The molecule has 0 amide bonds. The maximum Gasteiger partial charge on any atom is 0.163 e. The van der Waals surface area contributed by atoms with Gasteiger partial charge in [0.2, 0.25) is 0 Å². The molecule has 2 rings (SSSR count). The maximum absolute atomic E-state index is 12.0. The first-order valence-electron chi connectivity index (χ1n) is 6.10. The van der Waals surface area contributed by atoms with Crippen LogP contribution in [0, 0.1) is 6.92 Å². The van der Waals surface area contributed by atoms with Gasteiger partial charge < -0.3 is 0 Å². The minimum atomic E-state index is 0.145. The zero-order valence-corrected chi connectivity index (χ0v) is 12.1. The number of carbonyl (C=O) groups excluding carboxylic acids is 1. The molecule has 2 aromatic carbocycles. The molecule has 98 valence electrons. The summed E-state index contributed by atoms with van der Waals surface area (Å²) in [7, 11) is 0. The van der Waals surface area contributed by atoms with E-state index in [1.54, 1.807) is 6.07 Å². The minimum Gasteiger partial charge on any atom is -0.294 e. The second kappa shape index (κ2) is 6.23. The molecule has 0 radical (unpaired) electrons. The topological polar surface area (TPSA) is 17.1 Å². The summed E-state index contributed by atoms with van der Waals surface area (Å²) in [5.41, 5.74) is 2.93. The van der Waals surface area contributed by atoms with Crippen LogP contribution in [0.2, 0.25) is 10.0 Å². The van der Waals surface area contributed by atoms with Gasteiger partial charge in [0.1, 0.15) is 0 Å². The molecule has 0 bridgehead atoms. The Morgan fingerprint density at radius 3 is 2.32 bits per heavy atom. The molecule has 0 aliphatic rings. The van der Waals surface area contributed by atoms with Crippen molar-refractivity contribution in [2.45, 2.75) is 19.8 Å². The molecule has 0 aromatic heterocycles. The van der Waals surface area contributed by atoms with Crippen molar-refractivity contribution >= 4 is 29.0 Å². The van der Waals surface area contributed by atoms with E-state index in [9.17, 15) is 4.79 Å². The molecule has 0 saturated heterocycles. The van der Waals surface area contributed by atoms with Gasteiger partial charge in [-0.2, -0.15) is 0 Å². The Balaban J connectivity index is 2.00. The van der Waals surface area contributed by atoms with E-state index in [-0.39, 0.29) is 5.78 Å². The standard InChI is InChI=1S/C16H14Cl2O/c1-11-2-6-13(7-3-11)16(19)9-5-12-4-8-14(17)15(18)10-12/h2-4,6-8,10H,5,9H2,1H3. The van der Waals surface area contributed by atoms with Crippen LogP contribution in [0.15, 0.2) is 42.5 Å². The predicted molar refractivity (Wildman–Crippen MR) is 80.3 cm³/mol. The Bertz CT molecular complexity index is 588. The number of halogens is 2. The summed E-state index contributed by atoms with van der Waals surface area (Å²) >= 11 is 11.8. The van der Waals surface area contributed by atoms with Crippen LogP contribution < -0.4 is 0 Å². The number of hydrogen-bond donors (Lipinski definition) is 0. The molecule has 0 unspecified atom stereocenters. The summed E-state index contributed by atoms with van der Waals surface area (Å²) in [6.07, 6.45) is 1.14. The molecule has 0 N–H and O–H groups in total. The normalized spacial score (nSPS) is 10.5. The first-order valence-corrected chi connectivity index (χ1v) is 6.85. The van der Waals surface area contributed by atoms with Gasteiger partial charge >= 0.3 is 0 Å². The van der Waals surface area contributed by atoms with E-state index in [0.29, 0.717) is 22.9 Å². The van der Waals surface area contributed by atoms with Crippen molar-refractivity contribution in [3.05, 3.63) is 69.2 Å². The third kappa shape index (κ3) is 3.82. The minimum absolute atomic E-state index is 0.145. The fraction of sp³-hybridized carbons (Fsp3) is 0.188. The number of hydrogen-bond acceptors (Lipinski definition) is 1. The molecule has 19 heavy (non-hydrogen) atoms. The maximum atomic E-state index is 12.0. The molecular formula is C16H14Cl2O. The molecule has 0 aliphatic heterocycles. The lowest BCUT2D eigenvalue weighted by Gasteiger charge is -2.04. The van der Waals surface area contributed by atoms with Gasteiger partial charge in [-0.1, -0.05) is 59.1 Å². The Morgan fingerprint density at radius 1 is 1.00 bits per heavy atom. The summed E-state index contributed by atoms with van der Waals surface area (Å²) in [5.74, 6) is 0.145. The largest absolute Gasteiger partial charge is 0.294 e. The summed E-state index contributed by atoms with van der Waals surface area (Å²) in [5, 5.41) is 1.07. The highest BCUT2D eigenvalue weighted by molar-refractivity contribution is 6.42. The number of ketones is 1. The van der Waals surface area contributed by atoms with Gasteiger partial charge in [0.15, 0.2) is 5.78 Å². The van der Waals surface area contributed by atoms with Crippen molar-refractivity contribution in [2.24, 2.45) is 0 Å². The van der Waals surface area contributed by atoms with Gasteiger partial charge in [-0.25, -0.2) is 0 Å². The molecule has 1 nitrogen and oxygen atoms in total. The van der Waals surface area contributed by atoms with Crippen LogP contribution >= 0.6 is 23.2 Å². The first-order chi connectivity index (χ1) is 9.06. The summed E-state index contributed by atoms with van der Waals surface area (Å²) < 4.78 is 0. The Labute approximate surface area is 123 Å². The lowest BCUT2D eigenvalue weighted by Crippen LogP contribution is -2.01. The number of rotatable bonds is 4. The highest BCUT2D eigenvalue weighted by Crippen LogP contribution is 2.23. The van der Waals surface area contributed by atoms with Crippen molar-refractivity contribution in [1.29, 1.82) is 0 Å². The lowest BCUT2D eigenvalue weighted by molar-refractivity contribution is 0.0983. The molecule has 0 aliphatic carbocycles. The van der Waals surface area contributed by atoms with E-state index < -0.39 is 0 Å². The highest BCUT2D eigenvalue weighted by Gasteiger charge is 2.07. The average Bonchev–Trinajstić information content (AvgIpc) is 2.40. The fourth-order valence-electron chi connectivity index (χ4n) is 1.84. The SMILES string of the molecule is Cc1ccc(C(=O)CCc2ccc(Cl)c(Cl)c2)cc1. The molecule has 3 heteroatoms. The van der Waals surface area contributed by atoms with Gasteiger partial charge in [-0.05, 0) is 31.0 Å². The highest BCUT2D eigenvalue weighted by atomic mass is 35.5. The quantitative estimate of drug-likeness (QED) is 0.715. The number of carbonyl (C=O) groups is 1. The fourth-order valence-corrected chi connectivity index (χ4v) is 2.16. The van der Waals surface area contributed by atoms with Crippen LogP contribution in [0.25, 0.3) is 0 Å². The van der Waals surface area contributed by atoms with Crippen molar-refractivity contribution in [3.8, 4) is 0 Å². The summed E-state index contributed by atoms with van der Waals surface area (Å²) in [6.45, 7) is 2.00. The molecule has 0 heterocycles. The van der Waals surface area contributed by atoms with Gasteiger partial charge in [0.25, 0.3) is 0 Å². The Kier molecular flexibility index (Phi) is 4.62. The predicted octanol–water partition coefficient (Wildman–Crippen LogP) is 5.12. The number of aryl methyl sites for hydroxylation is 2. The third-order valence-electron chi connectivity index (χ3n) is 3.00. The van der Waals surface area contributed by atoms with E-state index >= 15 is 0 Å². The van der Waals surface area contributed by atoms with Gasteiger partial charge in [0, 0.05) is 12.0 Å². The van der Waals surface area contributed by atoms with Gasteiger partial charge in [-0.3, -0.25) is 4.79 Å². The van der Waals surface area contributed by atoms with Gasteiger partial charge in [-0.15, -0.1) is 0 Å². The van der Waals surface area contributed by atoms with E-state index in [0.717, 1.165) is 16.7 Å². The Hall–Kier alpha value is -1.31. The van der Waals surface area contributed by atoms with Crippen molar-refractivity contribution < 1.29 is 4.79 Å². The molecule has 2 aromatic rings. The summed E-state index contributed by atoms with van der Waals surface area (Å²) in [6, 6.07) is 13.1. The first kappa shape index (κ1) is 14.1. The van der Waals surface area contributed by atoms with E-state index in [1.165, 1.54) is 0 Å². The molecule has 0 atom stereocenters. The molecule has 0 saturated carbocycles. The van der Waals surface area contributed by atoms with Crippen LogP contribution in [0.1, 0.15) is 27.9 Å². The molecule has 0 spiro atoms. The van der Waals surface area contributed by atoms with Crippen LogP contribution in [-0.4, -0.2) is 5.78 Å². The van der Waals surface area contributed by atoms with Crippen LogP contribution in [0.3, 0.4) is 0 Å². The van der Waals surface area contributed by atoms with E-state index in [1.807, 2.05) is 43.3 Å². The smallest absolute Gasteiger partial charge is 0.163 e. The Morgan fingerprint density at radius 2 is 1.68 bits per heavy atom. The van der Waals surface area contributed by atoms with Crippen LogP contribution in [0.4, 0.5) is 0 Å². The lowest BCUT2D eigenvalue weighted by atomic mass is 10.0. The van der Waals surface area contributed by atoms with E-state index in [2.05, 4.69) is 0 Å².